The van der Waals surface area contributed by atoms with Crippen LogP contribution in [0, 0.1) is 52.3 Å². The molecule has 0 amide bonds. The van der Waals surface area contributed by atoms with Crippen LogP contribution in [0.1, 0.15) is 105 Å². The van der Waals surface area contributed by atoms with Crippen LogP contribution in [0.15, 0.2) is 0 Å². The molecule has 2 heteroatoms. The Morgan fingerprint density at radius 3 is 2.48 bits per heavy atom. The van der Waals surface area contributed by atoms with E-state index >= 15 is 0 Å². The van der Waals surface area contributed by atoms with Crippen molar-refractivity contribution >= 4 is 5.78 Å². The Kier molecular flexibility index (Phi) is 6.24. The van der Waals surface area contributed by atoms with Crippen molar-refractivity contribution in [3.63, 3.8) is 0 Å². The van der Waals surface area contributed by atoms with Gasteiger partial charge in [0.1, 0.15) is 5.78 Å². The molecule has 4 fully saturated rings. The number of hydrogen-bond acceptors (Lipinski definition) is 2. The van der Waals surface area contributed by atoms with Crippen molar-refractivity contribution in [2.24, 2.45) is 52.3 Å². The van der Waals surface area contributed by atoms with Crippen molar-refractivity contribution < 1.29 is 9.90 Å². The molecule has 1 N–H and O–H groups in total. The molecule has 4 aliphatic carbocycles. The van der Waals surface area contributed by atoms with Crippen LogP contribution in [-0.4, -0.2) is 17.5 Å². The average molecular weight is 403 g/mol. The van der Waals surface area contributed by atoms with Gasteiger partial charge >= 0.3 is 0 Å². The number of ketones is 1. The van der Waals surface area contributed by atoms with Crippen molar-refractivity contribution in [3.8, 4) is 0 Å². The van der Waals surface area contributed by atoms with Gasteiger partial charge in [-0.3, -0.25) is 4.79 Å². The predicted molar refractivity (Wildman–Crippen MR) is 119 cm³/mol. The first-order valence-corrected chi connectivity index (χ1v) is 12.9. The number of aliphatic hydroxyl groups is 1. The number of hydrogen-bond donors (Lipinski definition) is 1. The lowest BCUT2D eigenvalue weighted by Gasteiger charge is -2.60. The summed E-state index contributed by atoms with van der Waals surface area (Å²) in [5, 5.41) is 9.32. The molecular formula is C27H46O2. The molecule has 29 heavy (non-hydrogen) atoms. The normalized spacial score (nSPS) is 46.5. The van der Waals surface area contributed by atoms with Crippen LogP contribution in [0.4, 0.5) is 0 Å². The van der Waals surface area contributed by atoms with E-state index in [4.69, 9.17) is 0 Å². The van der Waals surface area contributed by atoms with E-state index in [-0.39, 0.29) is 0 Å². The lowest BCUT2D eigenvalue weighted by Crippen LogP contribution is -2.53. The zero-order valence-corrected chi connectivity index (χ0v) is 19.6. The van der Waals surface area contributed by atoms with E-state index in [1.165, 1.54) is 64.2 Å². The Balaban J connectivity index is 1.44. The van der Waals surface area contributed by atoms with Crippen LogP contribution in [0.2, 0.25) is 0 Å². The summed E-state index contributed by atoms with van der Waals surface area (Å²) in [5.41, 5.74) is 0.999. The van der Waals surface area contributed by atoms with Crippen LogP contribution < -0.4 is 0 Å². The van der Waals surface area contributed by atoms with Crippen molar-refractivity contribution in [1.82, 2.24) is 0 Å². The molecule has 4 rings (SSSR count). The molecule has 0 aromatic rings. The molecule has 166 valence electrons. The Morgan fingerprint density at radius 2 is 1.72 bits per heavy atom. The van der Waals surface area contributed by atoms with Gasteiger partial charge in [-0.2, -0.15) is 0 Å². The summed E-state index contributed by atoms with van der Waals surface area (Å²) < 4.78 is 0. The topological polar surface area (TPSA) is 37.3 Å². The molecule has 0 heterocycles. The lowest BCUT2D eigenvalue weighted by molar-refractivity contribution is -0.140. The summed E-state index contributed by atoms with van der Waals surface area (Å²) in [7, 11) is 0. The maximum absolute atomic E-state index is 12.1. The van der Waals surface area contributed by atoms with Gasteiger partial charge in [-0.05, 0) is 104 Å². The maximum Gasteiger partial charge on any atom is 0.133 e. The SMILES string of the molecule is CC(CO)CCC[C@@H](C)[C@H]1CC[C@H]2[C@@H]3CC[C@@H]4CC(=O)CC[C@]4(C)[C@H]3CC[C@]12C. The molecule has 0 aliphatic heterocycles. The minimum Gasteiger partial charge on any atom is -0.396 e. The molecule has 0 saturated heterocycles. The largest absolute Gasteiger partial charge is 0.396 e. The number of carbonyl (C=O) groups excluding carboxylic acids is 1. The first-order chi connectivity index (χ1) is 13.8. The van der Waals surface area contributed by atoms with E-state index in [0.717, 1.165) is 42.4 Å². The Morgan fingerprint density at radius 1 is 0.966 bits per heavy atom. The molecule has 0 aromatic carbocycles. The van der Waals surface area contributed by atoms with Crippen LogP contribution >= 0.6 is 0 Å². The van der Waals surface area contributed by atoms with Gasteiger partial charge in [0.05, 0.1) is 0 Å². The third-order valence-electron chi connectivity index (χ3n) is 10.9. The van der Waals surface area contributed by atoms with Gasteiger partial charge in [0.25, 0.3) is 0 Å². The monoisotopic (exact) mass is 402 g/mol. The highest BCUT2D eigenvalue weighted by molar-refractivity contribution is 5.79. The Hall–Kier alpha value is -0.370. The van der Waals surface area contributed by atoms with Gasteiger partial charge in [0.15, 0.2) is 0 Å². The van der Waals surface area contributed by atoms with Crippen LogP contribution in [0.25, 0.3) is 0 Å². The number of Topliss-reactive ketones (excluding diaryl/α,β-unsaturated/α-hetero) is 1. The summed E-state index contributed by atoms with van der Waals surface area (Å²) in [6, 6.07) is 0. The lowest BCUT2D eigenvalue weighted by atomic mass is 9.44. The minimum atomic E-state index is 0.339. The van der Waals surface area contributed by atoms with Gasteiger partial charge in [-0.1, -0.05) is 40.5 Å². The van der Waals surface area contributed by atoms with E-state index in [1.807, 2.05) is 0 Å². The van der Waals surface area contributed by atoms with E-state index in [1.54, 1.807) is 0 Å². The second-order valence-corrected chi connectivity index (χ2v) is 12.3. The number of fused-ring (bicyclic) bond motifs is 5. The van der Waals surface area contributed by atoms with Gasteiger partial charge in [-0.25, -0.2) is 0 Å². The van der Waals surface area contributed by atoms with Crippen molar-refractivity contribution in [2.45, 2.75) is 105 Å². The standard InChI is InChI=1S/C27H46O2/c1-18(17-28)6-5-7-19(2)23-10-11-24-22-9-8-20-16-21(29)12-14-26(20,3)25(22)13-15-27(23,24)4/h18-20,22-25,28H,5-17H2,1-4H3/t18?,19-,20-,22+,23-,24+,25+,26+,27-/m1/s1. The van der Waals surface area contributed by atoms with Gasteiger partial charge < -0.3 is 5.11 Å². The predicted octanol–water partition coefficient (Wildman–Crippen LogP) is 6.65. The Bertz CT molecular complexity index is 599. The minimum absolute atomic E-state index is 0.339. The second-order valence-electron chi connectivity index (χ2n) is 12.3. The molecule has 0 spiro atoms. The molecular weight excluding hydrogens is 356 g/mol. The number of carbonyl (C=O) groups is 1. The zero-order valence-electron chi connectivity index (χ0n) is 19.6. The smallest absolute Gasteiger partial charge is 0.133 e. The number of rotatable bonds is 6. The molecule has 0 bridgehead atoms. The number of aliphatic hydroxyl groups excluding tert-OH is 1. The summed E-state index contributed by atoms with van der Waals surface area (Å²) in [5.74, 6) is 6.14. The van der Waals surface area contributed by atoms with Crippen molar-refractivity contribution in [2.75, 3.05) is 6.61 Å². The molecule has 9 atom stereocenters. The Labute approximate surface area is 179 Å². The van der Waals surface area contributed by atoms with Crippen LogP contribution in [0.3, 0.4) is 0 Å². The maximum atomic E-state index is 12.1. The van der Waals surface area contributed by atoms with Crippen LogP contribution in [0.5, 0.6) is 0 Å². The molecule has 0 aromatic heterocycles. The van der Waals surface area contributed by atoms with Gasteiger partial charge in [-0.15, -0.1) is 0 Å². The molecule has 4 saturated carbocycles. The molecule has 2 nitrogen and oxygen atoms in total. The molecule has 0 radical (unpaired) electrons. The van der Waals surface area contributed by atoms with E-state index in [0.29, 0.717) is 35.1 Å². The van der Waals surface area contributed by atoms with Crippen LogP contribution in [-0.2, 0) is 4.79 Å². The fraction of sp³-hybridized carbons (Fsp3) is 0.963. The summed E-state index contributed by atoms with van der Waals surface area (Å²) in [6.07, 6.45) is 15.2. The summed E-state index contributed by atoms with van der Waals surface area (Å²) in [4.78, 5) is 12.1. The third-order valence-corrected chi connectivity index (χ3v) is 10.9. The summed E-state index contributed by atoms with van der Waals surface area (Å²) >= 11 is 0. The third kappa shape index (κ3) is 3.74. The van der Waals surface area contributed by atoms with E-state index in [2.05, 4.69) is 27.7 Å². The van der Waals surface area contributed by atoms with E-state index in [9.17, 15) is 9.90 Å². The highest BCUT2D eigenvalue weighted by Crippen LogP contribution is 2.68. The fourth-order valence-corrected chi connectivity index (χ4v) is 9.10. The quantitative estimate of drug-likeness (QED) is 0.540. The molecule has 4 aliphatic rings. The van der Waals surface area contributed by atoms with Crippen molar-refractivity contribution in [3.05, 3.63) is 0 Å². The highest BCUT2D eigenvalue weighted by Gasteiger charge is 2.60. The summed E-state index contributed by atoms with van der Waals surface area (Å²) in [6.45, 7) is 10.3. The second kappa shape index (κ2) is 8.29. The van der Waals surface area contributed by atoms with E-state index < -0.39 is 0 Å². The van der Waals surface area contributed by atoms with Gasteiger partial charge in [0.2, 0.25) is 0 Å². The van der Waals surface area contributed by atoms with Gasteiger partial charge in [0, 0.05) is 19.4 Å². The first kappa shape index (κ1) is 21.8. The fourth-order valence-electron chi connectivity index (χ4n) is 9.10. The highest BCUT2D eigenvalue weighted by atomic mass is 16.3. The molecule has 1 unspecified atom stereocenters. The average Bonchev–Trinajstić information content (AvgIpc) is 3.05. The first-order valence-electron chi connectivity index (χ1n) is 12.9. The van der Waals surface area contributed by atoms with Crippen molar-refractivity contribution in [1.29, 1.82) is 0 Å². The zero-order chi connectivity index (χ0) is 20.8.